The zero-order valence-electron chi connectivity index (χ0n) is 22.9. The second-order valence-electron chi connectivity index (χ2n) is 10.9. The average molecular weight is 638 g/mol. The van der Waals surface area contributed by atoms with Crippen LogP contribution in [0.2, 0.25) is 0 Å². The SMILES string of the molecule is N=C(CCc1cnn(C[C@@H]2[C@H](CC(=O)/C(=N\OC3(C(=O)O)CC3)c3csc(N)n3)C(=O)N2S(=O)(=O)O)n1)C[C@@H]1CCNC1. The van der Waals surface area contributed by atoms with E-state index < -0.39 is 51.9 Å². The zero-order chi connectivity index (χ0) is 30.9. The van der Waals surface area contributed by atoms with Crippen LogP contribution in [-0.2, 0) is 42.5 Å². The number of aryl methyl sites for hydroxylation is 1. The minimum atomic E-state index is -4.96. The number of rotatable bonds is 15. The van der Waals surface area contributed by atoms with E-state index in [0.717, 1.165) is 30.8 Å². The standard InChI is InChI=1S/C24H31N9O8S2/c25-14(7-13-3-6-27-9-13)1-2-15-10-28-32(30-15)11-18-16(21(35)33(18)43(38,39)40)8-19(34)20(17-12-42-23(26)29-17)31-41-24(4-5-24)22(36)37/h10,12-13,16,18,25,27H,1-9,11H2,(H2,26,29)(H,36,37)(H,38,39,40)/b25-14?,31-20-/t13-,16-,18+/m0/s1. The van der Waals surface area contributed by atoms with Gasteiger partial charge in [0.05, 0.1) is 30.4 Å². The third-order valence-electron chi connectivity index (χ3n) is 7.70. The number of nitrogens with one attached hydrogen (secondary N) is 2. The van der Waals surface area contributed by atoms with E-state index >= 15 is 0 Å². The number of nitrogens with two attached hydrogens (primary N) is 1. The number of anilines is 1. The Labute approximate surface area is 249 Å². The van der Waals surface area contributed by atoms with Crippen molar-refractivity contribution < 1.29 is 37.3 Å². The van der Waals surface area contributed by atoms with Gasteiger partial charge >= 0.3 is 16.3 Å². The number of nitrogens with zero attached hydrogens (tertiary/aromatic N) is 6. The van der Waals surface area contributed by atoms with E-state index in [-0.39, 0.29) is 40.2 Å². The molecule has 1 aliphatic carbocycles. The first-order chi connectivity index (χ1) is 20.4. The number of carbonyl (C=O) groups excluding carboxylic acids is 2. The molecule has 3 atom stereocenters. The third-order valence-corrected chi connectivity index (χ3v) is 9.32. The summed E-state index contributed by atoms with van der Waals surface area (Å²) in [7, 11) is -4.96. The third kappa shape index (κ3) is 6.89. The number of hydrogen-bond acceptors (Lipinski definition) is 14. The molecule has 2 aromatic heterocycles. The quantitative estimate of drug-likeness (QED) is 0.0740. The molecular weight excluding hydrogens is 606 g/mol. The number of aliphatic carboxylic acids is 1. The molecule has 232 valence electrons. The van der Waals surface area contributed by atoms with Gasteiger partial charge in [0, 0.05) is 30.4 Å². The lowest BCUT2D eigenvalue weighted by molar-refractivity contribution is -0.153. The highest BCUT2D eigenvalue weighted by Gasteiger charge is 2.56. The van der Waals surface area contributed by atoms with Crippen LogP contribution < -0.4 is 11.1 Å². The lowest BCUT2D eigenvalue weighted by Gasteiger charge is -2.43. The van der Waals surface area contributed by atoms with Crippen molar-refractivity contribution in [3.8, 4) is 0 Å². The molecule has 3 fully saturated rings. The van der Waals surface area contributed by atoms with Crippen molar-refractivity contribution in [2.45, 2.75) is 63.1 Å². The summed E-state index contributed by atoms with van der Waals surface area (Å²) in [4.78, 5) is 48.1. The first-order valence-electron chi connectivity index (χ1n) is 13.6. The van der Waals surface area contributed by atoms with Crippen LogP contribution in [-0.4, -0.2) is 96.2 Å². The van der Waals surface area contributed by atoms with E-state index in [4.69, 9.17) is 16.0 Å². The van der Waals surface area contributed by atoms with Gasteiger partial charge in [-0.3, -0.25) is 14.1 Å². The van der Waals surface area contributed by atoms with Crippen LogP contribution in [0.5, 0.6) is 0 Å². The summed E-state index contributed by atoms with van der Waals surface area (Å²) in [5.74, 6) is -3.77. The highest BCUT2D eigenvalue weighted by atomic mass is 32.2. The molecule has 6 N–H and O–H groups in total. The van der Waals surface area contributed by atoms with E-state index in [1.165, 1.54) is 16.4 Å². The van der Waals surface area contributed by atoms with Crippen molar-refractivity contribution in [2.24, 2.45) is 17.0 Å². The van der Waals surface area contributed by atoms with E-state index in [0.29, 0.717) is 36.6 Å². The molecule has 19 heteroatoms. The van der Waals surface area contributed by atoms with Gasteiger partial charge in [-0.25, -0.2) is 14.1 Å². The number of β-lactam (4-membered cyclic amide) rings is 1. The first-order valence-corrected chi connectivity index (χ1v) is 15.8. The molecule has 2 aliphatic heterocycles. The number of aromatic nitrogens is 4. The number of nitrogen functional groups attached to an aromatic ring is 1. The van der Waals surface area contributed by atoms with Crippen molar-refractivity contribution in [3.63, 3.8) is 0 Å². The molecule has 1 saturated carbocycles. The number of carbonyl (C=O) groups is 3. The van der Waals surface area contributed by atoms with Gasteiger partial charge < -0.3 is 26.4 Å². The molecule has 0 aromatic carbocycles. The second-order valence-corrected chi connectivity index (χ2v) is 13.1. The summed E-state index contributed by atoms with van der Waals surface area (Å²) in [5.41, 5.74) is 4.94. The highest BCUT2D eigenvalue weighted by molar-refractivity contribution is 7.84. The van der Waals surface area contributed by atoms with E-state index in [9.17, 15) is 32.5 Å². The molecule has 17 nitrogen and oxygen atoms in total. The van der Waals surface area contributed by atoms with Crippen LogP contribution >= 0.6 is 11.3 Å². The fourth-order valence-corrected chi connectivity index (χ4v) is 6.59. The number of carboxylic acids is 1. The lowest BCUT2D eigenvalue weighted by Crippen LogP contribution is -2.64. The Hall–Kier alpha value is -3.81. The van der Waals surface area contributed by atoms with Crippen molar-refractivity contribution in [2.75, 3.05) is 18.8 Å². The normalized spacial score (nSPS) is 23.2. The number of carboxylic acid groups (broad SMARTS) is 1. The van der Waals surface area contributed by atoms with Crippen LogP contribution in [0, 0.1) is 17.2 Å². The van der Waals surface area contributed by atoms with Gasteiger partial charge in [-0.1, -0.05) is 5.16 Å². The van der Waals surface area contributed by atoms with Gasteiger partial charge in [-0.2, -0.15) is 23.4 Å². The molecule has 2 saturated heterocycles. The minimum absolute atomic E-state index is 0.0109. The van der Waals surface area contributed by atoms with Crippen molar-refractivity contribution in [1.82, 2.24) is 29.6 Å². The maximum absolute atomic E-state index is 13.4. The van der Waals surface area contributed by atoms with Crippen LogP contribution in [0.25, 0.3) is 0 Å². The number of hydrogen-bond donors (Lipinski definition) is 5. The maximum Gasteiger partial charge on any atom is 0.362 e. The Morgan fingerprint density at radius 3 is 2.70 bits per heavy atom. The molecule has 0 radical (unpaired) electrons. The van der Waals surface area contributed by atoms with E-state index in [1.54, 1.807) is 0 Å². The fourth-order valence-electron chi connectivity index (χ4n) is 5.13. The number of Topliss-reactive ketones (excluding diaryl/α,β-unsaturated/α-hetero) is 1. The van der Waals surface area contributed by atoms with Crippen LogP contribution in [0.1, 0.15) is 49.9 Å². The van der Waals surface area contributed by atoms with Gasteiger partial charge in [0.2, 0.25) is 11.5 Å². The van der Waals surface area contributed by atoms with Crippen molar-refractivity contribution in [3.05, 3.63) is 23.0 Å². The molecule has 0 spiro atoms. The predicted octanol–water partition coefficient (Wildman–Crippen LogP) is -0.104. The molecule has 0 bridgehead atoms. The number of oxime groups is 1. The Balaban J connectivity index is 1.27. The predicted molar refractivity (Wildman–Crippen MR) is 151 cm³/mol. The summed E-state index contributed by atoms with van der Waals surface area (Å²) in [6.45, 7) is 1.60. The van der Waals surface area contributed by atoms with Gasteiger partial charge in [0.15, 0.2) is 16.6 Å². The lowest BCUT2D eigenvalue weighted by atomic mass is 9.84. The summed E-state index contributed by atoms with van der Waals surface area (Å²) in [6.07, 6.45) is 3.98. The first kappa shape index (κ1) is 30.6. The molecule has 2 aromatic rings. The largest absolute Gasteiger partial charge is 0.478 e. The number of amides is 1. The summed E-state index contributed by atoms with van der Waals surface area (Å²) in [5, 5.41) is 34.7. The molecule has 1 amide bonds. The van der Waals surface area contributed by atoms with Gasteiger partial charge in [0.25, 0.3) is 0 Å². The van der Waals surface area contributed by atoms with Gasteiger partial charge in [-0.05, 0) is 44.7 Å². The molecule has 3 aliphatic rings. The molecular formula is C24H31N9O8S2. The molecule has 4 heterocycles. The zero-order valence-corrected chi connectivity index (χ0v) is 24.5. The van der Waals surface area contributed by atoms with Crippen LogP contribution in [0.4, 0.5) is 5.13 Å². The maximum atomic E-state index is 13.4. The summed E-state index contributed by atoms with van der Waals surface area (Å²) in [6, 6.07) is -1.20. The second kappa shape index (κ2) is 12.1. The summed E-state index contributed by atoms with van der Waals surface area (Å²) < 4.78 is 34.0. The summed E-state index contributed by atoms with van der Waals surface area (Å²) >= 11 is 1.00. The van der Waals surface area contributed by atoms with Crippen molar-refractivity contribution >= 4 is 55.9 Å². The van der Waals surface area contributed by atoms with E-state index in [1.807, 2.05) is 0 Å². The Bertz CT molecular complexity index is 1560. The van der Waals surface area contributed by atoms with E-state index in [2.05, 4.69) is 25.7 Å². The highest BCUT2D eigenvalue weighted by Crippen LogP contribution is 2.40. The topological polar surface area (TPSA) is 256 Å². The smallest absolute Gasteiger partial charge is 0.362 e. The molecule has 0 unspecified atom stereocenters. The average Bonchev–Trinajstić information content (AvgIpc) is 3.25. The van der Waals surface area contributed by atoms with Crippen LogP contribution in [0.15, 0.2) is 16.7 Å². The minimum Gasteiger partial charge on any atom is -0.478 e. The monoisotopic (exact) mass is 637 g/mol. The molecule has 5 rings (SSSR count). The van der Waals surface area contributed by atoms with Crippen LogP contribution in [0.3, 0.4) is 0 Å². The number of thiazole rings is 1. The Morgan fingerprint density at radius 2 is 2.09 bits per heavy atom. The Kier molecular flexibility index (Phi) is 8.59. The van der Waals surface area contributed by atoms with Gasteiger partial charge in [0.1, 0.15) is 5.69 Å². The van der Waals surface area contributed by atoms with Gasteiger partial charge in [-0.15, -0.1) is 11.3 Å². The Morgan fingerprint density at radius 1 is 1.33 bits per heavy atom. The number of ketones is 1. The van der Waals surface area contributed by atoms with Crippen molar-refractivity contribution in [1.29, 1.82) is 5.41 Å². The molecule has 43 heavy (non-hydrogen) atoms. The fraction of sp³-hybridized carbons (Fsp3) is 0.583.